The van der Waals surface area contributed by atoms with Crippen LogP contribution in [0.2, 0.25) is 0 Å². The first kappa shape index (κ1) is 15.3. The Morgan fingerprint density at radius 3 is 2.82 bits per heavy atom. The average Bonchev–Trinajstić information content (AvgIpc) is 2.84. The predicted molar refractivity (Wildman–Crippen MR) is 73.3 cm³/mol. The molecule has 120 valence electrons. The zero-order valence-electron chi connectivity index (χ0n) is 12.3. The molecule has 1 aromatic heterocycles. The van der Waals surface area contributed by atoms with Crippen molar-refractivity contribution >= 4 is 5.91 Å². The molecule has 2 fully saturated rings. The van der Waals surface area contributed by atoms with Crippen LogP contribution in [0.1, 0.15) is 37.8 Å². The van der Waals surface area contributed by atoms with Crippen LogP contribution in [0.15, 0.2) is 18.5 Å². The Morgan fingerprint density at radius 1 is 1.36 bits per heavy atom. The summed E-state index contributed by atoms with van der Waals surface area (Å²) in [4.78, 5) is 16.6. The summed E-state index contributed by atoms with van der Waals surface area (Å²) in [6.45, 7) is 2.49. The number of halogens is 3. The van der Waals surface area contributed by atoms with Crippen molar-refractivity contribution in [1.82, 2.24) is 15.0 Å². The van der Waals surface area contributed by atoms with Crippen LogP contribution in [0.25, 0.3) is 0 Å². The fourth-order valence-electron chi connectivity index (χ4n) is 3.31. The zero-order chi connectivity index (χ0) is 15.9. The van der Waals surface area contributed by atoms with Gasteiger partial charge < -0.3 is 0 Å². The number of hydrogen-bond acceptors (Lipinski definition) is 3. The highest BCUT2D eigenvalue weighted by Crippen LogP contribution is 2.42. The number of hydrazine groups is 1. The molecule has 0 aromatic carbocycles. The summed E-state index contributed by atoms with van der Waals surface area (Å²) in [7, 11) is 0. The van der Waals surface area contributed by atoms with Crippen LogP contribution in [0.5, 0.6) is 0 Å². The van der Waals surface area contributed by atoms with E-state index in [1.165, 1.54) is 24.2 Å². The van der Waals surface area contributed by atoms with Crippen LogP contribution in [-0.4, -0.2) is 40.4 Å². The minimum absolute atomic E-state index is 0.157. The Balaban J connectivity index is 1.97. The number of carbonyl (C=O) groups excluding carboxylic acids is 1. The second kappa shape index (κ2) is 5.53. The molecule has 1 unspecified atom stereocenters. The molecule has 0 aliphatic carbocycles. The number of carbonyl (C=O) groups is 1. The summed E-state index contributed by atoms with van der Waals surface area (Å²) in [5.74, 6) is -1.07. The van der Waals surface area contributed by atoms with Crippen molar-refractivity contribution in [2.75, 3.05) is 13.1 Å². The number of alkyl halides is 2. The lowest BCUT2D eigenvalue weighted by molar-refractivity contribution is -0.164. The van der Waals surface area contributed by atoms with E-state index < -0.39 is 29.6 Å². The number of aromatic nitrogens is 1. The number of pyridine rings is 1. The topological polar surface area (TPSA) is 36.4 Å². The van der Waals surface area contributed by atoms with Crippen molar-refractivity contribution in [2.24, 2.45) is 5.41 Å². The molecule has 0 N–H and O–H groups in total. The lowest BCUT2D eigenvalue weighted by Gasteiger charge is -2.35. The lowest BCUT2D eigenvalue weighted by atomic mass is 9.84. The third kappa shape index (κ3) is 2.37. The molecular formula is C15H18F3N3O. The first-order valence-corrected chi connectivity index (χ1v) is 7.40. The summed E-state index contributed by atoms with van der Waals surface area (Å²) in [6.07, 6.45) is 1.16. The van der Waals surface area contributed by atoms with E-state index in [9.17, 15) is 18.0 Å². The molecule has 1 aromatic rings. The summed E-state index contributed by atoms with van der Waals surface area (Å²) < 4.78 is 40.3. The van der Waals surface area contributed by atoms with E-state index in [0.717, 1.165) is 6.20 Å². The fourth-order valence-corrected chi connectivity index (χ4v) is 3.31. The molecular weight excluding hydrogens is 295 g/mol. The Labute approximate surface area is 126 Å². The monoisotopic (exact) mass is 313 g/mol. The second-order valence-electron chi connectivity index (χ2n) is 6.17. The minimum Gasteiger partial charge on any atom is -0.273 e. The molecule has 1 amide bonds. The second-order valence-corrected chi connectivity index (χ2v) is 6.17. The van der Waals surface area contributed by atoms with Gasteiger partial charge >= 0.3 is 0 Å². The zero-order valence-corrected chi connectivity index (χ0v) is 12.3. The minimum atomic E-state index is -2.72. The number of nitrogens with zero attached hydrogens (tertiary/aromatic N) is 3. The molecule has 4 nitrogen and oxygen atoms in total. The van der Waals surface area contributed by atoms with Crippen LogP contribution in [-0.2, 0) is 4.79 Å². The molecule has 3 heterocycles. The van der Waals surface area contributed by atoms with Crippen LogP contribution < -0.4 is 0 Å². The summed E-state index contributed by atoms with van der Waals surface area (Å²) in [5.41, 5.74) is -1.13. The highest BCUT2D eigenvalue weighted by Gasteiger charge is 2.51. The summed E-state index contributed by atoms with van der Waals surface area (Å²) >= 11 is 0. The van der Waals surface area contributed by atoms with E-state index in [-0.39, 0.29) is 6.42 Å². The van der Waals surface area contributed by atoms with Crippen molar-refractivity contribution in [3.63, 3.8) is 0 Å². The van der Waals surface area contributed by atoms with Crippen molar-refractivity contribution in [3.8, 4) is 0 Å². The van der Waals surface area contributed by atoms with Gasteiger partial charge in [-0.05, 0) is 37.8 Å². The normalized spacial score (nSPS) is 29.8. The number of hydrogen-bond donors (Lipinski definition) is 0. The van der Waals surface area contributed by atoms with E-state index in [0.29, 0.717) is 31.5 Å². The molecule has 0 spiro atoms. The highest BCUT2D eigenvalue weighted by molar-refractivity contribution is 5.83. The highest BCUT2D eigenvalue weighted by atomic mass is 19.3. The summed E-state index contributed by atoms with van der Waals surface area (Å²) in [5, 5.41) is 3.22. The average molecular weight is 313 g/mol. The van der Waals surface area contributed by atoms with Gasteiger partial charge in [0.1, 0.15) is 11.2 Å². The Hall–Kier alpha value is -1.63. The lowest BCUT2D eigenvalue weighted by Crippen LogP contribution is -2.49. The van der Waals surface area contributed by atoms with Gasteiger partial charge in [0.2, 0.25) is 5.91 Å². The first-order chi connectivity index (χ1) is 10.4. The molecule has 3 rings (SSSR count). The molecule has 0 saturated carbocycles. The molecule has 22 heavy (non-hydrogen) atoms. The van der Waals surface area contributed by atoms with Gasteiger partial charge in [-0.1, -0.05) is 0 Å². The van der Waals surface area contributed by atoms with Gasteiger partial charge in [-0.25, -0.2) is 18.2 Å². The quantitative estimate of drug-likeness (QED) is 0.842. The van der Waals surface area contributed by atoms with Gasteiger partial charge in [-0.2, -0.15) is 0 Å². The molecule has 2 aliphatic heterocycles. The first-order valence-electron chi connectivity index (χ1n) is 7.40. The third-order valence-corrected chi connectivity index (χ3v) is 4.66. The van der Waals surface area contributed by atoms with Crippen LogP contribution >= 0.6 is 0 Å². The smallest absolute Gasteiger partial charge is 0.252 e. The number of fused-ring (bicyclic) bond motifs is 1. The standard InChI is InChI=1S/C15H18F3N3O/c1-15(13(17)18)4-2-5-20-6-3-12(21(20)14(15)22)10-7-11(16)9-19-8-10/h7-9,12-13H,2-6H2,1H3/t12?,15-/m1/s1. The Kier molecular flexibility index (Phi) is 3.84. The van der Waals surface area contributed by atoms with Gasteiger partial charge in [-0.15, -0.1) is 0 Å². The fraction of sp³-hybridized carbons (Fsp3) is 0.600. The van der Waals surface area contributed by atoms with Gasteiger partial charge in [0, 0.05) is 19.3 Å². The van der Waals surface area contributed by atoms with Gasteiger partial charge in [-0.3, -0.25) is 14.8 Å². The molecule has 0 radical (unpaired) electrons. The largest absolute Gasteiger partial charge is 0.273 e. The van der Waals surface area contributed by atoms with Crippen molar-refractivity contribution < 1.29 is 18.0 Å². The Morgan fingerprint density at radius 2 is 2.14 bits per heavy atom. The van der Waals surface area contributed by atoms with E-state index in [4.69, 9.17) is 0 Å². The maximum atomic E-state index is 13.4. The number of rotatable bonds is 2. The SMILES string of the molecule is C[C@]1(C(F)F)CCCN2CCC(c3cncc(F)c3)N2C1=O. The number of amides is 1. The van der Waals surface area contributed by atoms with Crippen molar-refractivity contribution in [2.45, 2.75) is 38.7 Å². The van der Waals surface area contributed by atoms with E-state index in [1.807, 2.05) is 5.01 Å². The Bertz CT molecular complexity index is 583. The van der Waals surface area contributed by atoms with E-state index in [2.05, 4.69) is 4.98 Å². The van der Waals surface area contributed by atoms with E-state index in [1.54, 1.807) is 0 Å². The van der Waals surface area contributed by atoms with Gasteiger partial charge in [0.15, 0.2) is 0 Å². The van der Waals surface area contributed by atoms with E-state index >= 15 is 0 Å². The predicted octanol–water partition coefficient (Wildman–Crippen LogP) is 2.78. The van der Waals surface area contributed by atoms with Gasteiger partial charge in [0.05, 0.1) is 12.2 Å². The van der Waals surface area contributed by atoms with Crippen LogP contribution in [0.3, 0.4) is 0 Å². The van der Waals surface area contributed by atoms with Crippen LogP contribution in [0.4, 0.5) is 13.2 Å². The maximum absolute atomic E-state index is 13.4. The molecule has 2 aliphatic rings. The third-order valence-electron chi connectivity index (χ3n) is 4.66. The maximum Gasteiger partial charge on any atom is 0.252 e. The molecule has 2 saturated heterocycles. The van der Waals surface area contributed by atoms with Crippen molar-refractivity contribution in [1.29, 1.82) is 0 Å². The molecule has 2 atom stereocenters. The van der Waals surface area contributed by atoms with Gasteiger partial charge in [0.25, 0.3) is 6.43 Å². The molecule has 0 bridgehead atoms. The van der Waals surface area contributed by atoms with Crippen LogP contribution in [0, 0.1) is 11.2 Å². The summed E-state index contributed by atoms with van der Waals surface area (Å²) in [6, 6.07) is 0.894. The molecule has 7 heteroatoms. The van der Waals surface area contributed by atoms with Crippen molar-refractivity contribution in [3.05, 3.63) is 29.8 Å².